The lowest BCUT2D eigenvalue weighted by atomic mass is 10.2. The quantitative estimate of drug-likeness (QED) is 0.819. The van der Waals surface area contributed by atoms with E-state index in [1.807, 2.05) is 4.72 Å². The van der Waals surface area contributed by atoms with Crippen LogP contribution >= 0.6 is 0 Å². The molecule has 4 nitrogen and oxygen atoms in total. The van der Waals surface area contributed by atoms with Gasteiger partial charge >= 0.3 is 0 Å². The van der Waals surface area contributed by atoms with E-state index >= 15 is 0 Å². The monoisotopic (exact) mass is 278 g/mol. The van der Waals surface area contributed by atoms with Gasteiger partial charge in [0.2, 0.25) is 10.0 Å². The molecule has 18 heavy (non-hydrogen) atoms. The molecule has 1 aromatic carbocycles. The van der Waals surface area contributed by atoms with Gasteiger partial charge < -0.3 is 5.73 Å². The molecule has 1 aromatic rings. The molecule has 0 bridgehead atoms. The van der Waals surface area contributed by atoms with Gasteiger partial charge in [-0.3, -0.25) is 0 Å². The van der Waals surface area contributed by atoms with Crippen LogP contribution in [0.3, 0.4) is 0 Å². The van der Waals surface area contributed by atoms with Gasteiger partial charge in [0, 0.05) is 0 Å². The van der Waals surface area contributed by atoms with E-state index in [1.54, 1.807) is 25.1 Å². The first kappa shape index (κ1) is 15.0. The van der Waals surface area contributed by atoms with Crippen LogP contribution in [0, 0.1) is 0 Å². The molecule has 0 spiro atoms. The summed E-state index contributed by atoms with van der Waals surface area (Å²) in [6.07, 6.45) is 0.504. The zero-order valence-corrected chi connectivity index (χ0v) is 10.8. The standard InChI is InChI=1S/C11H16F2N2O2S/c1-2-9-5-3-4-6-10(9)18(16,17)15-8-11(12,13)7-14/h3-6,15H,2,7-8,14H2,1H3. The minimum Gasteiger partial charge on any atom is -0.325 e. The summed E-state index contributed by atoms with van der Waals surface area (Å²) < 4.78 is 51.5. The van der Waals surface area contributed by atoms with E-state index in [2.05, 4.69) is 0 Å². The van der Waals surface area contributed by atoms with Gasteiger partial charge in [-0.15, -0.1) is 0 Å². The molecular formula is C11H16F2N2O2S. The maximum Gasteiger partial charge on any atom is 0.273 e. The Morgan fingerprint density at radius 2 is 1.94 bits per heavy atom. The maximum atomic E-state index is 12.9. The van der Waals surface area contributed by atoms with Crippen LogP contribution in [0.15, 0.2) is 29.2 Å². The molecule has 0 aliphatic heterocycles. The summed E-state index contributed by atoms with van der Waals surface area (Å²) in [6.45, 7) is -0.0995. The number of aryl methyl sites for hydroxylation is 1. The summed E-state index contributed by atoms with van der Waals surface area (Å²) in [4.78, 5) is 0.0281. The van der Waals surface area contributed by atoms with E-state index in [-0.39, 0.29) is 4.90 Å². The topological polar surface area (TPSA) is 72.2 Å². The molecule has 0 radical (unpaired) electrons. The Kier molecular flexibility index (Phi) is 4.78. The van der Waals surface area contributed by atoms with Crippen molar-refractivity contribution in [1.29, 1.82) is 0 Å². The van der Waals surface area contributed by atoms with Gasteiger partial charge in [0.25, 0.3) is 5.92 Å². The minimum atomic E-state index is -3.93. The van der Waals surface area contributed by atoms with Gasteiger partial charge in [-0.25, -0.2) is 21.9 Å². The molecule has 0 amide bonds. The van der Waals surface area contributed by atoms with Crippen LogP contribution in [0.1, 0.15) is 12.5 Å². The van der Waals surface area contributed by atoms with E-state index in [1.165, 1.54) is 6.07 Å². The molecule has 0 aromatic heterocycles. The van der Waals surface area contributed by atoms with Crippen LogP contribution in [0.5, 0.6) is 0 Å². The summed E-state index contributed by atoms with van der Waals surface area (Å²) in [6, 6.07) is 6.29. The number of benzene rings is 1. The predicted molar refractivity (Wildman–Crippen MR) is 65.0 cm³/mol. The lowest BCUT2D eigenvalue weighted by Crippen LogP contribution is -2.41. The fourth-order valence-electron chi connectivity index (χ4n) is 1.41. The Labute approximate surface area is 105 Å². The lowest BCUT2D eigenvalue weighted by Gasteiger charge is -2.15. The zero-order chi connectivity index (χ0) is 13.8. The second-order valence-electron chi connectivity index (χ2n) is 3.85. The molecule has 0 aliphatic rings. The van der Waals surface area contributed by atoms with Gasteiger partial charge in [-0.1, -0.05) is 25.1 Å². The van der Waals surface area contributed by atoms with E-state index in [0.29, 0.717) is 12.0 Å². The molecule has 0 atom stereocenters. The van der Waals surface area contributed by atoms with E-state index in [9.17, 15) is 17.2 Å². The van der Waals surface area contributed by atoms with Crippen molar-refractivity contribution in [1.82, 2.24) is 4.72 Å². The second kappa shape index (κ2) is 5.73. The Hall–Kier alpha value is -1.05. The molecule has 0 heterocycles. The van der Waals surface area contributed by atoms with Crippen LogP contribution in [0.4, 0.5) is 8.78 Å². The second-order valence-corrected chi connectivity index (χ2v) is 5.58. The Balaban J connectivity index is 2.94. The maximum absolute atomic E-state index is 12.9. The first-order valence-corrected chi connectivity index (χ1v) is 6.96. The average Bonchev–Trinajstić information content (AvgIpc) is 2.37. The van der Waals surface area contributed by atoms with Crippen LogP contribution in [0.2, 0.25) is 0 Å². The molecule has 0 fully saturated rings. The number of nitrogens with two attached hydrogens (primary N) is 1. The van der Waals surface area contributed by atoms with Gasteiger partial charge in [-0.2, -0.15) is 0 Å². The van der Waals surface area contributed by atoms with Crippen LogP contribution in [0.25, 0.3) is 0 Å². The van der Waals surface area contributed by atoms with E-state index in [4.69, 9.17) is 5.73 Å². The number of nitrogens with one attached hydrogen (secondary N) is 1. The third-order valence-corrected chi connectivity index (χ3v) is 3.96. The fourth-order valence-corrected chi connectivity index (χ4v) is 2.78. The highest BCUT2D eigenvalue weighted by Crippen LogP contribution is 2.17. The fraction of sp³-hybridized carbons (Fsp3) is 0.455. The van der Waals surface area contributed by atoms with Crippen molar-refractivity contribution in [2.75, 3.05) is 13.1 Å². The molecule has 0 aliphatic carbocycles. The first-order valence-electron chi connectivity index (χ1n) is 5.48. The first-order chi connectivity index (χ1) is 8.32. The smallest absolute Gasteiger partial charge is 0.273 e. The Morgan fingerprint density at radius 1 is 1.33 bits per heavy atom. The third kappa shape index (κ3) is 3.72. The minimum absolute atomic E-state index is 0.0281. The van der Waals surface area contributed by atoms with Crippen LogP contribution in [-0.4, -0.2) is 27.4 Å². The third-order valence-electron chi connectivity index (χ3n) is 2.46. The highest BCUT2D eigenvalue weighted by atomic mass is 32.2. The highest BCUT2D eigenvalue weighted by molar-refractivity contribution is 7.89. The van der Waals surface area contributed by atoms with Crippen molar-refractivity contribution in [3.8, 4) is 0 Å². The Bertz CT molecular complexity index is 504. The Morgan fingerprint density at radius 3 is 2.50 bits per heavy atom. The van der Waals surface area contributed by atoms with Gasteiger partial charge in [0.05, 0.1) is 18.0 Å². The van der Waals surface area contributed by atoms with Crippen molar-refractivity contribution in [2.24, 2.45) is 5.73 Å². The average molecular weight is 278 g/mol. The SMILES string of the molecule is CCc1ccccc1S(=O)(=O)NCC(F)(F)CN. The molecule has 0 saturated carbocycles. The molecule has 3 N–H and O–H groups in total. The van der Waals surface area contributed by atoms with Crippen molar-refractivity contribution < 1.29 is 17.2 Å². The van der Waals surface area contributed by atoms with Gasteiger partial charge in [0.1, 0.15) is 0 Å². The summed E-state index contributed by atoms with van der Waals surface area (Å²) in [7, 11) is -3.93. The number of alkyl halides is 2. The zero-order valence-electron chi connectivity index (χ0n) is 9.99. The summed E-state index contributed by atoms with van der Waals surface area (Å²) >= 11 is 0. The summed E-state index contributed by atoms with van der Waals surface area (Å²) in [5.74, 6) is -3.24. The molecule has 7 heteroatoms. The largest absolute Gasteiger partial charge is 0.325 e. The number of sulfonamides is 1. The summed E-state index contributed by atoms with van der Waals surface area (Å²) in [5, 5.41) is 0. The van der Waals surface area contributed by atoms with Crippen molar-refractivity contribution in [3.63, 3.8) is 0 Å². The molecular weight excluding hydrogens is 262 g/mol. The molecule has 0 unspecified atom stereocenters. The molecule has 102 valence electrons. The van der Waals surface area contributed by atoms with E-state index in [0.717, 1.165) is 0 Å². The highest BCUT2D eigenvalue weighted by Gasteiger charge is 2.29. The number of hydrogen-bond acceptors (Lipinski definition) is 3. The van der Waals surface area contributed by atoms with Crippen LogP contribution < -0.4 is 10.5 Å². The van der Waals surface area contributed by atoms with Crippen molar-refractivity contribution in [2.45, 2.75) is 24.2 Å². The van der Waals surface area contributed by atoms with Crippen molar-refractivity contribution >= 4 is 10.0 Å². The predicted octanol–water partition coefficient (Wildman–Crippen LogP) is 1.12. The summed E-state index contributed by atoms with van der Waals surface area (Å²) in [5.41, 5.74) is 5.43. The number of halogens is 2. The molecule has 1 rings (SSSR count). The van der Waals surface area contributed by atoms with Gasteiger partial charge in [0.15, 0.2) is 0 Å². The van der Waals surface area contributed by atoms with E-state index < -0.39 is 29.0 Å². The number of rotatable bonds is 6. The molecule has 0 saturated heterocycles. The normalized spacial score (nSPS) is 12.7. The lowest BCUT2D eigenvalue weighted by molar-refractivity contribution is 0.0170. The number of hydrogen-bond donors (Lipinski definition) is 2. The van der Waals surface area contributed by atoms with Crippen LogP contribution in [-0.2, 0) is 16.4 Å². The van der Waals surface area contributed by atoms with Gasteiger partial charge in [-0.05, 0) is 18.1 Å². The van der Waals surface area contributed by atoms with Crippen molar-refractivity contribution in [3.05, 3.63) is 29.8 Å².